The van der Waals surface area contributed by atoms with Crippen LogP contribution in [0.4, 0.5) is 11.4 Å². The lowest BCUT2D eigenvalue weighted by Gasteiger charge is -2.12. The van der Waals surface area contributed by atoms with Crippen LogP contribution >= 0.6 is 11.6 Å². The largest absolute Gasteiger partial charge is 0.506 e. The highest BCUT2D eigenvalue weighted by Gasteiger charge is 2.18. The van der Waals surface area contributed by atoms with Crippen molar-refractivity contribution in [3.05, 3.63) is 52.0 Å². The third-order valence-electron chi connectivity index (χ3n) is 3.28. The third-order valence-corrected chi connectivity index (χ3v) is 3.57. The van der Waals surface area contributed by atoms with Crippen LogP contribution < -0.4 is 10.6 Å². The lowest BCUT2D eigenvalue weighted by Crippen LogP contribution is -2.29. The van der Waals surface area contributed by atoms with E-state index in [0.29, 0.717) is 10.7 Å². The van der Waals surface area contributed by atoms with Crippen LogP contribution in [0.15, 0.2) is 30.3 Å². The molecule has 0 radical (unpaired) electrons. The fraction of sp³-hybridized carbons (Fsp3) is 0.176. The van der Waals surface area contributed by atoms with Crippen LogP contribution in [0.3, 0.4) is 0 Å². The van der Waals surface area contributed by atoms with Gasteiger partial charge in [0.05, 0.1) is 16.4 Å². The molecule has 0 fully saturated rings. The van der Waals surface area contributed by atoms with Gasteiger partial charge in [-0.05, 0) is 55.7 Å². The van der Waals surface area contributed by atoms with Gasteiger partial charge in [-0.15, -0.1) is 0 Å². The fourth-order valence-electron chi connectivity index (χ4n) is 2.17. The maximum Gasteiger partial charge on any atom is 0.314 e. The second kappa shape index (κ2) is 6.71. The van der Waals surface area contributed by atoms with Gasteiger partial charge in [0.25, 0.3) is 0 Å². The van der Waals surface area contributed by atoms with Crippen molar-refractivity contribution in [1.82, 2.24) is 0 Å². The molecule has 5 nitrogen and oxygen atoms in total. The molecule has 0 aliphatic heterocycles. The lowest BCUT2D eigenvalue weighted by molar-refractivity contribution is -0.133. The zero-order valence-electron chi connectivity index (χ0n) is 13.0. The number of anilines is 2. The molecule has 2 rings (SSSR count). The molecule has 120 valence electrons. The van der Waals surface area contributed by atoms with Crippen molar-refractivity contribution in [2.24, 2.45) is 0 Å². The third kappa shape index (κ3) is 4.02. The molecule has 0 aliphatic carbocycles. The first kappa shape index (κ1) is 16.8. The molecule has 0 aromatic heterocycles. The van der Waals surface area contributed by atoms with Gasteiger partial charge in [0.1, 0.15) is 5.75 Å². The second-order valence-corrected chi connectivity index (χ2v) is 5.77. The van der Waals surface area contributed by atoms with Crippen LogP contribution in [0.2, 0.25) is 5.02 Å². The van der Waals surface area contributed by atoms with Crippen molar-refractivity contribution >= 4 is 34.8 Å². The normalized spacial score (nSPS) is 10.3. The molecule has 0 atom stereocenters. The van der Waals surface area contributed by atoms with Crippen LogP contribution in [-0.4, -0.2) is 16.9 Å². The Morgan fingerprint density at radius 2 is 1.61 bits per heavy atom. The first-order chi connectivity index (χ1) is 10.8. The summed E-state index contributed by atoms with van der Waals surface area (Å²) < 4.78 is 0. The van der Waals surface area contributed by atoms with E-state index in [1.165, 1.54) is 6.07 Å². The monoisotopic (exact) mass is 332 g/mol. The Morgan fingerprint density at radius 1 is 0.957 bits per heavy atom. The first-order valence-corrected chi connectivity index (χ1v) is 7.34. The van der Waals surface area contributed by atoms with Crippen LogP contribution in [0.5, 0.6) is 5.75 Å². The van der Waals surface area contributed by atoms with Crippen LogP contribution in [0.1, 0.15) is 16.7 Å². The summed E-state index contributed by atoms with van der Waals surface area (Å²) in [4.78, 5) is 24.0. The zero-order valence-corrected chi connectivity index (χ0v) is 13.8. The van der Waals surface area contributed by atoms with Gasteiger partial charge in [-0.1, -0.05) is 23.7 Å². The summed E-state index contributed by atoms with van der Waals surface area (Å²) in [6.07, 6.45) is 0. The standard InChI is InChI=1S/C17H17ClN2O3/c1-9-4-5-14(21)13(8-9)19-16(22)17(23)20-15-11(3)6-10(2)7-12(15)18/h4-8,21H,1-3H3,(H,19,22)(H,20,23). The second-order valence-electron chi connectivity index (χ2n) is 5.37. The molecule has 23 heavy (non-hydrogen) atoms. The van der Waals surface area contributed by atoms with E-state index in [1.807, 2.05) is 19.9 Å². The predicted octanol–water partition coefficient (Wildman–Crippen LogP) is 3.55. The molecule has 0 saturated carbocycles. The number of carbonyl (C=O) groups is 2. The van der Waals surface area contributed by atoms with Crippen molar-refractivity contribution in [2.45, 2.75) is 20.8 Å². The number of carbonyl (C=O) groups excluding carboxylic acids is 2. The molecule has 0 saturated heterocycles. The minimum Gasteiger partial charge on any atom is -0.506 e. The number of hydrogen-bond donors (Lipinski definition) is 3. The summed E-state index contributed by atoms with van der Waals surface area (Å²) in [6, 6.07) is 8.27. The summed E-state index contributed by atoms with van der Waals surface area (Å²) in [6.45, 7) is 5.49. The zero-order chi connectivity index (χ0) is 17.1. The fourth-order valence-corrected chi connectivity index (χ4v) is 2.54. The molecule has 0 aliphatic rings. The van der Waals surface area contributed by atoms with Crippen molar-refractivity contribution < 1.29 is 14.7 Å². The van der Waals surface area contributed by atoms with Crippen molar-refractivity contribution in [1.29, 1.82) is 0 Å². The highest BCUT2D eigenvalue weighted by atomic mass is 35.5. The maximum atomic E-state index is 12.0. The SMILES string of the molecule is Cc1cc(C)c(NC(=O)C(=O)Nc2cc(C)ccc2O)c(Cl)c1. The van der Waals surface area contributed by atoms with Gasteiger partial charge in [0.2, 0.25) is 0 Å². The molecular formula is C17H17ClN2O3. The van der Waals surface area contributed by atoms with Crippen LogP contribution in [-0.2, 0) is 9.59 Å². The highest BCUT2D eigenvalue weighted by Crippen LogP contribution is 2.28. The summed E-state index contributed by atoms with van der Waals surface area (Å²) in [5.41, 5.74) is 3.13. The van der Waals surface area contributed by atoms with E-state index in [-0.39, 0.29) is 11.4 Å². The number of aromatic hydroxyl groups is 1. The number of halogens is 1. The van der Waals surface area contributed by atoms with Crippen LogP contribution in [0.25, 0.3) is 0 Å². The molecule has 3 N–H and O–H groups in total. The number of nitrogens with one attached hydrogen (secondary N) is 2. The van der Waals surface area contributed by atoms with E-state index in [9.17, 15) is 14.7 Å². The Morgan fingerprint density at radius 3 is 2.26 bits per heavy atom. The van der Waals surface area contributed by atoms with Crippen LogP contribution in [0, 0.1) is 20.8 Å². The minimum absolute atomic E-state index is 0.110. The average molecular weight is 333 g/mol. The molecule has 0 unspecified atom stereocenters. The molecule has 0 spiro atoms. The molecule has 6 heteroatoms. The quantitative estimate of drug-likeness (QED) is 0.581. The molecule has 0 bridgehead atoms. The number of phenols is 1. The van der Waals surface area contributed by atoms with Crippen molar-refractivity contribution in [3.63, 3.8) is 0 Å². The Labute approximate surface area is 139 Å². The summed E-state index contributed by atoms with van der Waals surface area (Å²) in [5.74, 6) is -1.86. The Bertz CT molecular complexity index is 764. The van der Waals surface area contributed by atoms with E-state index in [0.717, 1.165) is 16.7 Å². The Hall–Kier alpha value is -2.53. The van der Waals surface area contributed by atoms with E-state index in [4.69, 9.17) is 11.6 Å². The smallest absolute Gasteiger partial charge is 0.314 e. The van der Waals surface area contributed by atoms with Crippen molar-refractivity contribution in [3.8, 4) is 5.75 Å². The molecule has 2 amide bonds. The van der Waals surface area contributed by atoms with Gasteiger partial charge in [-0.25, -0.2) is 0 Å². The number of amides is 2. The lowest BCUT2D eigenvalue weighted by atomic mass is 10.1. The van der Waals surface area contributed by atoms with E-state index < -0.39 is 11.8 Å². The van der Waals surface area contributed by atoms with E-state index in [1.54, 1.807) is 25.1 Å². The Kier molecular flexibility index (Phi) is 4.91. The first-order valence-electron chi connectivity index (χ1n) is 6.96. The number of phenolic OH excluding ortho intramolecular Hbond substituents is 1. The molecule has 2 aromatic rings. The minimum atomic E-state index is -0.887. The number of benzene rings is 2. The number of hydrogen-bond acceptors (Lipinski definition) is 3. The number of aryl methyl sites for hydroxylation is 3. The molecule has 2 aromatic carbocycles. The summed E-state index contributed by atoms with van der Waals surface area (Å²) >= 11 is 6.10. The van der Waals surface area contributed by atoms with E-state index in [2.05, 4.69) is 10.6 Å². The van der Waals surface area contributed by atoms with Gasteiger partial charge >= 0.3 is 11.8 Å². The predicted molar refractivity (Wildman–Crippen MR) is 91.0 cm³/mol. The number of rotatable bonds is 2. The van der Waals surface area contributed by atoms with Gasteiger partial charge in [0.15, 0.2) is 0 Å². The van der Waals surface area contributed by atoms with Gasteiger partial charge in [0, 0.05) is 0 Å². The topological polar surface area (TPSA) is 78.4 Å². The highest BCUT2D eigenvalue weighted by molar-refractivity contribution is 6.45. The van der Waals surface area contributed by atoms with Crippen molar-refractivity contribution in [2.75, 3.05) is 10.6 Å². The van der Waals surface area contributed by atoms with Gasteiger partial charge in [-0.3, -0.25) is 9.59 Å². The summed E-state index contributed by atoms with van der Waals surface area (Å²) in [7, 11) is 0. The maximum absolute atomic E-state index is 12.0. The molecule has 0 heterocycles. The Balaban J connectivity index is 2.15. The average Bonchev–Trinajstić information content (AvgIpc) is 2.46. The van der Waals surface area contributed by atoms with E-state index >= 15 is 0 Å². The molecular weight excluding hydrogens is 316 g/mol. The summed E-state index contributed by atoms with van der Waals surface area (Å²) in [5, 5.41) is 14.9. The van der Waals surface area contributed by atoms with Gasteiger partial charge in [-0.2, -0.15) is 0 Å². The van der Waals surface area contributed by atoms with Gasteiger partial charge < -0.3 is 15.7 Å².